The van der Waals surface area contributed by atoms with Crippen molar-refractivity contribution in [3.8, 4) is 33.4 Å². The van der Waals surface area contributed by atoms with Gasteiger partial charge in [0.05, 0.1) is 5.48 Å². The summed E-state index contributed by atoms with van der Waals surface area (Å²) in [6, 6.07) is 44.3. The van der Waals surface area contributed by atoms with E-state index >= 15 is 0 Å². The van der Waals surface area contributed by atoms with Crippen LogP contribution in [-0.4, -0.2) is 0 Å². The maximum Gasteiger partial charge on any atom is 0.143 e. The molecule has 0 bridgehead atoms. The second-order valence-corrected chi connectivity index (χ2v) is 10.9. The number of benzene rings is 8. The van der Waals surface area contributed by atoms with Crippen LogP contribution in [0.15, 0.2) is 162 Å². The van der Waals surface area contributed by atoms with E-state index in [1.54, 1.807) is 0 Å². The van der Waals surface area contributed by atoms with Crippen LogP contribution in [0.4, 0.5) is 0 Å². The second-order valence-electron chi connectivity index (χ2n) is 10.9. The van der Waals surface area contributed by atoms with Gasteiger partial charge in [-0.3, -0.25) is 0 Å². The Labute approximate surface area is 254 Å². The Balaban J connectivity index is 1.39. The molecule has 0 atom stereocenters. The highest BCUT2D eigenvalue weighted by atomic mass is 16.3. The zero-order valence-electron chi connectivity index (χ0n) is 27.1. The Kier molecular flexibility index (Phi) is 4.45. The molecular formula is C42H26O. The van der Waals surface area contributed by atoms with E-state index in [-0.39, 0.29) is 24.2 Å². The number of hydrogen-bond donors (Lipinski definition) is 0. The predicted molar refractivity (Wildman–Crippen MR) is 183 cm³/mol. The van der Waals surface area contributed by atoms with Gasteiger partial charge in [-0.25, -0.2) is 0 Å². The van der Waals surface area contributed by atoms with Crippen LogP contribution < -0.4 is 0 Å². The topological polar surface area (TPSA) is 13.1 Å². The Morgan fingerprint density at radius 2 is 1.00 bits per heavy atom. The van der Waals surface area contributed by atoms with Gasteiger partial charge in [-0.15, -0.1) is 0 Å². The van der Waals surface area contributed by atoms with Crippen molar-refractivity contribution in [2.24, 2.45) is 0 Å². The summed E-state index contributed by atoms with van der Waals surface area (Å²) in [6.07, 6.45) is 0. The van der Waals surface area contributed by atoms with Gasteiger partial charge in [-0.1, -0.05) is 139 Å². The van der Waals surface area contributed by atoms with Gasteiger partial charge >= 0.3 is 0 Å². The van der Waals surface area contributed by atoms with Crippen molar-refractivity contribution in [3.05, 3.63) is 158 Å². The molecule has 0 aliphatic heterocycles. The second kappa shape index (κ2) is 9.44. The van der Waals surface area contributed by atoms with Crippen molar-refractivity contribution in [1.82, 2.24) is 0 Å². The van der Waals surface area contributed by atoms with E-state index in [0.29, 0.717) is 11.1 Å². The summed E-state index contributed by atoms with van der Waals surface area (Å²) in [5, 5.41) is 8.19. The molecule has 0 N–H and O–H groups in total. The molecule has 0 aliphatic carbocycles. The lowest BCUT2D eigenvalue weighted by molar-refractivity contribution is 0.673. The standard InChI is InChI=1S/C42H26O/c1-2-12-27(13-3-1)30-15-6-7-17-33(30)41-36-20-10-8-18-34(36)40(35-19-9-11-21-37(35)41)29-23-24-32-38-25-22-28-14-4-5-16-31(28)42(38)43-39(32)26-29/h1-26H/i6D,7D,15D,17D. The third-order valence-electron chi connectivity index (χ3n) is 8.58. The maximum atomic E-state index is 9.23. The highest BCUT2D eigenvalue weighted by Gasteiger charge is 2.19. The Hall–Kier alpha value is -5.66. The first-order chi connectivity index (χ1) is 23.0. The largest absolute Gasteiger partial charge is 0.455 e. The summed E-state index contributed by atoms with van der Waals surface area (Å²) in [6.45, 7) is 0. The molecule has 1 nitrogen and oxygen atoms in total. The molecule has 200 valence electrons. The fourth-order valence-electron chi connectivity index (χ4n) is 6.69. The van der Waals surface area contributed by atoms with Gasteiger partial charge in [0.15, 0.2) is 0 Å². The highest BCUT2D eigenvalue weighted by Crippen LogP contribution is 2.46. The summed E-state index contributed by atoms with van der Waals surface area (Å²) in [7, 11) is 0. The summed E-state index contributed by atoms with van der Waals surface area (Å²) in [5.41, 5.74) is 6.29. The van der Waals surface area contributed by atoms with Crippen LogP contribution in [0.1, 0.15) is 5.48 Å². The van der Waals surface area contributed by atoms with Gasteiger partial charge < -0.3 is 4.42 Å². The van der Waals surface area contributed by atoms with Crippen LogP contribution in [0.25, 0.3) is 87.6 Å². The molecule has 43 heavy (non-hydrogen) atoms. The Morgan fingerprint density at radius 3 is 1.72 bits per heavy atom. The normalized spacial score (nSPS) is 13.0. The predicted octanol–water partition coefficient (Wildman–Crippen LogP) is 12.0. The van der Waals surface area contributed by atoms with Crippen LogP contribution in [-0.2, 0) is 0 Å². The van der Waals surface area contributed by atoms with Crippen molar-refractivity contribution < 1.29 is 9.90 Å². The average molecular weight is 551 g/mol. The third-order valence-corrected chi connectivity index (χ3v) is 8.58. The highest BCUT2D eigenvalue weighted by molar-refractivity contribution is 6.23. The van der Waals surface area contributed by atoms with Gasteiger partial charge in [0.25, 0.3) is 0 Å². The monoisotopic (exact) mass is 550 g/mol. The van der Waals surface area contributed by atoms with E-state index in [1.807, 2.05) is 66.7 Å². The zero-order valence-corrected chi connectivity index (χ0v) is 23.1. The van der Waals surface area contributed by atoms with E-state index in [9.17, 15) is 1.37 Å². The fraction of sp³-hybridized carbons (Fsp3) is 0. The summed E-state index contributed by atoms with van der Waals surface area (Å²) >= 11 is 0. The van der Waals surface area contributed by atoms with E-state index < -0.39 is 0 Å². The molecule has 0 saturated carbocycles. The molecule has 0 spiro atoms. The van der Waals surface area contributed by atoms with Gasteiger partial charge in [-0.2, -0.15) is 0 Å². The van der Waals surface area contributed by atoms with E-state index in [0.717, 1.165) is 76.5 Å². The lowest BCUT2D eigenvalue weighted by Gasteiger charge is -2.19. The first-order valence-electron chi connectivity index (χ1n) is 16.4. The van der Waals surface area contributed by atoms with Gasteiger partial charge in [0, 0.05) is 16.2 Å². The van der Waals surface area contributed by atoms with E-state index in [2.05, 4.69) is 66.7 Å². The minimum Gasteiger partial charge on any atom is -0.455 e. The van der Waals surface area contributed by atoms with Gasteiger partial charge in [-0.05, 0) is 78.5 Å². The number of hydrogen-bond acceptors (Lipinski definition) is 1. The first kappa shape index (κ1) is 20.3. The summed E-state index contributed by atoms with van der Waals surface area (Å²) in [4.78, 5) is 0. The maximum absolute atomic E-state index is 9.23. The molecule has 9 aromatic rings. The molecule has 1 heteroatoms. The minimum atomic E-state index is -0.246. The van der Waals surface area contributed by atoms with Crippen molar-refractivity contribution in [3.63, 3.8) is 0 Å². The molecule has 0 aliphatic rings. The molecule has 0 saturated heterocycles. The van der Waals surface area contributed by atoms with Gasteiger partial charge in [0.1, 0.15) is 11.2 Å². The Bertz CT molecular complexity index is 2670. The van der Waals surface area contributed by atoms with E-state index in [1.165, 1.54) is 0 Å². The van der Waals surface area contributed by atoms with Crippen molar-refractivity contribution >= 4 is 54.3 Å². The van der Waals surface area contributed by atoms with Gasteiger partial charge in [0.2, 0.25) is 0 Å². The summed E-state index contributed by atoms with van der Waals surface area (Å²) < 4.78 is 42.1. The molecule has 0 fully saturated rings. The minimum absolute atomic E-state index is 0.0488. The quantitative estimate of drug-likeness (QED) is 0.199. The molecule has 9 rings (SSSR count). The van der Waals surface area contributed by atoms with Crippen molar-refractivity contribution in [2.75, 3.05) is 0 Å². The molecule has 0 radical (unpaired) electrons. The van der Waals surface area contributed by atoms with Crippen LogP contribution in [0.5, 0.6) is 0 Å². The SMILES string of the molecule is [2H]c1c([2H])c([2H])c(-c2c3ccccc3c(-c3ccc4c(c3)oc3c5ccccc5ccc43)c3ccccc23)c(-c2ccccc2)c1[2H]. The Morgan fingerprint density at radius 1 is 0.419 bits per heavy atom. The molecule has 0 amide bonds. The van der Waals surface area contributed by atoms with Crippen LogP contribution in [0.2, 0.25) is 0 Å². The molecule has 1 heterocycles. The van der Waals surface area contributed by atoms with Crippen molar-refractivity contribution in [2.45, 2.75) is 0 Å². The average Bonchev–Trinajstić information content (AvgIpc) is 3.50. The van der Waals surface area contributed by atoms with Crippen molar-refractivity contribution in [1.29, 1.82) is 0 Å². The first-order valence-corrected chi connectivity index (χ1v) is 14.4. The zero-order chi connectivity index (χ0) is 31.8. The lowest BCUT2D eigenvalue weighted by Crippen LogP contribution is -1.92. The van der Waals surface area contributed by atoms with Crippen LogP contribution >= 0.6 is 0 Å². The molecular weight excluding hydrogens is 520 g/mol. The molecule has 1 aromatic heterocycles. The summed E-state index contributed by atoms with van der Waals surface area (Å²) in [5.74, 6) is 0. The number of rotatable bonds is 3. The van der Waals surface area contributed by atoms with E-state index in [4.69, 9.17) is 8.53 Å². The number of fused-ring (bicyclic) bond motifs is 7. The smallest absolute Gasteiger partial charge is 0.143 e. The molecule has 8 aromatic carbocycles. The number of furan rings is 1. The van der Waals surface area contributed by atoms with Crippen LogP contribution in [0, 0.1) is 0 Å². The van der Waals surface area contributed by atoms with Crippen LogP contribution in [0.3, 0.4) is 0 Å². The lowest BCUT2D eigenvalue weighted by atomic mass is 9.84. The fourth-order valence-corrected chi connectivity index (χ4v) is 6.69. The molecule has 0 unspecified atom stereocenters. The third kappa shape index (κ3) is 3.65.